The van der Waals surface area contributed by atoms with E-state index in [-0.39, 0.29) is 0 Å². The Morgan fingerprint density at radius 3 is 1.90 bits per heavy atom. The van der Waals surface area contributed by atoms with E-state index < -0.39 is 0 Å². The minimum Gasteiger partial charge on any atom is -0.395 e. The third-order valence-electron chi connectivity index (χ3n) is 4.19. The first kappa shape index (κ1) is 20.8. The molecule has 2 aliphatic heterocycles. The second-order valence-corrected chi connectivity index (χ2v) is 5.39. The summed E-state index contributed by atoms with van der Waals surface area (Å²) in [6.07, 6.45) is 4.02. The van der Waals surface area contributed by atoms with E-state index in [4.69, 9.17) is 5.11 Å². The van der Waals surface area contributed by atoms with Gasteiger partial charge in [-0.2, -0.15) is 0 Å². The predicted molar refractivity (Wildman–Crippen MR) is 92.9 cm³/mol. The number of β-amino-alcohol motifs (C(OH)–C–C–N with tert-alkyl or cyclic N) is 1. The molecule has 2 N–H and O–H groups in total. The van der Waals surface area contributed by atoms with Gasteiger partial charge in [-0.05, 0) is 44.8 Å². The normalized spacial score (nSPS) is 21.0. The smallest absolute Gasteiger partial charge is 0.0558 e. The van der Waals surface area contributed by atoms with Gasteiger partial charge in [-0.3, -0.25) is 0 Å². The molecule has 2 fully saturated rings. The molecule has 2 rings (SSSR count). The molecule has 0 aromatic carbocycles. The van der Waals surface area contributed by atoms with Crippen LogP contribution in [0.1, 0.15) is 47.0 Å². The number of hydrogen-bond donors (Lipinski definition) is 2. The molecule has 0 bridgehead atoms. The molecule has 2 saturated heterocycles. The van der Waals surface area contributed by atoms with Crippen molar-refractivity contribution in [2.24, 2.45) is 5.92 Å². The van der Waals surface area contributed by atoms with Gasteiger partial charge in [-0.25, -0.2) is 0 Å². The molecule has 2 aliphatic rings. The predicted octanol–water partition coefficient (Wildman–Crippen LogP) is 2.04. The second kappa shape index (κ2) is 14.8. The molecule has 0 aromatic rings. The number of aliphatic hydroxyl groups excluding tert-OH is 1. The highest BCUT2D eigenvalue weighted by Gasteiger charge is 2.19. The van der Waals surface area contributed by atoms with Gasteiger partial charge in [0.1, 0.15) is 0 Å². The molecule has 0 radical (unpaired) electrons. The Kier molecular flexibility index (Phi) is 14.7. The number of hydrogen-bond acceptors (Lipinski definition) is 4. The lowest BCUT2D eigenvalue weighted by Crippen LogP contribution is -2.44. The molecule has 0 amide bonds. The zero-order valence-electron chi connectivity index (χ0n) is 14.9. The summed E-state index contributed by atoms with van der Waals surface area (Å²) in [5.41, 5.74) is 0. The second-order valence-electron chi connectivity index (χ2n) is 5.39. The molecule has 0 atom stereocenters. The molecule has 0 saturated carbocycles. The maximum Gasteiger partial charge on any atom is 0.0558 e. The molecule has 4 heteroatoms. The topological polar surface area (TPSA) is 38.7 Å². The van der Waals surface area contributed by atoms with Crippen molar-refractivity contribution in [3.05, 3.63) is 0 Å². The fourth-order valence-corrected chi connectivity index (χ4v) is 2.94. The number of nitrogens with one attached hydrogen (secondary N) is 1. The van der Waals surface area contributed by atoms with Gasteiger partial charge >= 0.3 is 0 Å². The number of likely N-dealkylation sites (tertiary alicyclic amines) is 1. The highest BCUT2D eigenvalue weighted by Crippen LogP contribution is 2.20. The highest BCUT2D eigenvalue weighted by molar-refractivity contribution is 4.75. The van der Waals surface area contributed by atoms with Crippen LogP contribution in [0, 0.1) is 5.92 Å². The van der Waals surface area contributed by atoms with Crippen molar-refractivity contribution in [3.63, 3.8) is 0 Å². The molecule has 21 heavy (non-hydrogen) atoms. The van der Waals surface area contributed by atoms with Gasteiger partial charge in [0, 0.05) is 32.7 Å². The average Bonchev–Trinajstić information content (AvgIpc) is 2.59. The van der Waals surface area contributed by atoms with E-state index in [1.807, 2.05) is 27.7 Å². The Morgan fingerprint density at radius 2 is 1.38 bits per heavy atom. The number of piperazine rings is 1. The SMILES string of the molecule is CC.CC.OCCN1CCC(CCN2CCNCC2)CC1. The van der Waals surface area contributed by atoms with Gasteiger partial charge in [0.05, 0.1) is 6.61 Å². The highest BCUT2D eigenvalue weighted by atomic mass is 16.3. The van der Waals surface area contributed by atoms with Crippen molar-refractivity contribution in [2.75, 3.05) is 59.0 Å². The molecule has 128 valence electrons. The van der Waals surface area contributed by atoms with Crippen LogP contribution in [0.5, 0.6) is 0 Å². The lowest BCUT2D eigenvalue weighted by Gasteiger charge is -2.33. The molecule has 0 aromatic heterocycles. The Morgan fingerprint density at radius 1 is 0.857 bits per heavy atom. The van der Waals surface area contributed by atoms with E-state index >= 15 is 0 Å². The average molecular weight is 302 g/mol. The zero-order chi connectivity index (χ0) is 15.9. The maximum atomic E-state index is 8.90. The minimum atomic E-state index is 0.311. The summed E-state index contributed by atoms with van der Waals surface area (Å²) in [4.78, 5) is 4.98. The van der Waals surface area contributed by atoms with Crippen LogP contribution < -0.4 is 5.32 Å². The summed E-state index contributed by atoms with van der Waals surface area (Å²) >= 11 is 0. The Balaban J connectivity index is 0.000000921. The van der Waals surface area contributed by atoms with E-state index in [2.05, 4.69) is 15.1 Å². The first-order chi connectivity index (χ1) is 10.4. The molecule has 4 nitrogen and oxygen atoms in total. The lowest BCUT2D eigenvalue weighted by atomic mass is 9.93. The van der Waals surface area contributed by atoms with E-state index in [9.17, 15) is 0 Å². The van der Waals surface area contributed by atoms with E-state index in [1.165, 1.54) is 52.0 Å². The zero-order valence-corrected chi connectivity index (χ0v) is 14.9. The fraction of sp³-hybridized carbons (Fsp3) is 1.00. The van der Waals surface area contributed by atoms with Crippen LogP contribution in [0.25, 0.3) is 0 Å². The third-order valence-corrected chi connectivity index (χ3v) is 4.19. The van der Waals surface area contributed by atoms with Crippen LogP contribution in [-0.2, 0) is 0 Å². The summed E-state index contributed by atoms with van der Waals surface area (Å²) in [5.74, 6) is 0.917. The van der Waals surface area contributed by atoms with Crippen molar-refractivity contribution in [1.82, 2.24) is 15.1 Å². The van der Waals surface area contributed by atoms with Gasteiger partial charge in [0.2, 0.25) is 0 Å². The number of aliphatic hydroxyl groups is 1. The number of rotatable bonds is 5. The first-order valence-electron chi connectivity index (χ1n) is 9.15. The van der Waals surface area contributed by atoms with Crippen molar-refractivity contribution < 1.29 is 5.11 Å². The van der Waals surface area contributed by atoms with Crippen LogP contribution in [0.3, 0.4) is 0 Å². The van der Waals surface area contributed by atoms with Crippen molar-refractivity contribution in [3.8, 4) is 0 Å². The summed E-state index contributed by atoms with van der Waals surface area (Å²) in [6.45, 7) is 17.6. The maximum absolute atomic E-state index is 8.90. The van der Waals surface area contributed by atoms with Crippen molar-refractivity contribution in [1.29, 1.82) is 0 Å². The van der Waals surface area contributed by atoms with Crippen LogP contribution in [0.2, 0.25) is 0 Å². The van der Waals surface area contributed by atoms with Crippen LogP contribution in [0.4, 0.5) is 0 Å². The summed E-state index contributed by atoms with van der Waals surface area (Å²) in [5, 5.41) is 12.3. The quantitative estimate of drug-likeness (QED) is 0.815. The van der Waals surface area contributed by atoms with E-state index in [0.717, 1.165) is 25.6 Å². The van der Waals surface area contributed by atoms with Crippen molar-refractivity contribution in [2.45, 2.75) is 47.0 Å². The lowest BCUT2D eigenvalue weighted by molar-refractivity contribution is 0.135. The van der Waals surface area contributed by atoms with Crippen molar-refractivity contribution >= 4 is 0 Å². The van der Waals surface area contributed by atoms with Crippen LogP contribution >= 0.6 is 0 Å². The Hall–Kier alpha value is -0.160. The van der Waals surface area contributed by atoms with E-state index in [0.29, 0.717) is 6.61 Å². The Labute approximate surface area is 132 Å². The van der Waals surface area contributed by atoms with Gasteiger partial charge in [-0.1, -0.05) is 27.7 Å². The van der Waals surface area contributed by atoms with Crippen LogP contribution in [0.15, 0.2) is 0 Å². The van der Waals surface area contributed by atoms with Gasteiger partial charge in [0.25, 0.3) is 0 Å². The monoisotopic (exact) mass is 301 g/mol. The van der Waals surface area contributed by atoms with Crippen LogP contribution in [-0.4, -0.2) is 73.9 Å². The largest absolute Gasteiger partial charge is 0.395 e. The molecule has 0 unspecified atom stereocenters. The number of piperidine rings is 1. The summed E-state index contributed by atoms with van der Waals surface area (Å²) in [7, 11) is 0. The van der Waals surface area contributed by atoms with E-state index in [1.54, 1.807) is 0 Å². The molecule has 0 spiro atoms. The minimum absolute atomic E-state index is 0.311. The number of nitrogens with zero attached hydrogens (tertiary/aromatic N) is 2. The molecule has 0 aliphatic carbocycles. The van der Waals surface area contributed by atoms with Gasteiger partial charge < -0.3 is 20.2 Å². The summed E-state index contributed by atoms with van der Waals surface area (Å²) < 4.78 is 0. The Bertz CT molecular complexity index is 200. The van der Waals surface area contributed by atoms with Gasteiger partial charge in [-0.15, -0.1) is 0 Å². The standard InChI is InChI=1S/C13H27N3O.2C2H6/c17-12-11-15-6-1-13(2-7-15)3-8-16-9-4-14-5-10-16;2*1-2/h13-14,17H,1-12H2;2*1-2H3. The molecule has 2 heterocycles. The molecular weight excluding hydrogens is 262 g/mol. The third kappa shape index (κ3) is 9.46. The first-order valence-corrected chi connectivity index (χ1v) is 9.15. The molecular formula is C17H39N3O. The fourth-order valence-electron chi connectivity index (χ4n) is 2.94. The van der Waals surface area contributed by atoms with Gasteiger partial charge in [0.15, 0.2) is 0 Å². The summed E-state index contributed by atoms with van der Waals surface area (Å²) in [6, 6.07) is 0.